The van der Waals surface area contributed by atoms with E-state index in [1.165, 1.54) is 212 Å². The summed E-state index contributed by atoms with van der Waals surface area (Å²) in [6.45, 7) is 4.94. The van der Waals surface area contributed by atoms with Gasteiger partial charge in [-0.05, 0) is 12.8 Å². The van der Waals surface area contributed by atoms with Crippen molar-refractivity contribution in [2.24, 2.45) is 0 Å². The molecule has 3 unspecified atom stereocenters. The fourth-order valence-corrected chi connectivity index (χ4v) is 9.08. The number of rotatable bonds is 50. The average molecular weight is 888 g/mol. The fraction of sp³-hybridized carbons (Fsp3) is 0.981. The van der Waals surface area contributed by atoms with Gasteiger partial charge in [-0.25, -0.2) is 4.57 Å². The quantitative estimate of drug-likeness (QED) is 0.0319. The summed E-state index contributed by atoms with van der Waals surface area (Å²) in [7, 11) is 1.63. The average Bonchev–Trinajstić information content (AvgIpc) is 3.21. The molecule has 0 radical (unpaired) electrons. The number of phosphoric ester groups is 1. The number of aliphatic hydroxyl groups excluding tert-OH is 1. The van der Waals surface area contributed by atoms with Crippen LogP contribution in [0.3, 0.4) is 0 Å². The third kappa shape index (κ3) is 47.3. The number of quaternary nitrogens is 1. The Morgan fingerprint density at radius 1 is 0.492 bits per heavy atom. The number of unbranched alkanes of at least 4 members (excludes halogenated alkanes) is 37. The second kappa shape index (κ2) is 44.7. The minimum Gasteiger partial charge on any atom is -0.391 e. The van der Waals surface area contributed by atoms with Gasteiger partial charge in [-0.15, -0.1) is 0 Å². The molecule has 0 aromatic heterocycles. The van der Waals surface area contributed by atoms with Gasteiger partial charge in [-0.2, -0.15) is 0 Å². The minimum atomic E-state index is -4.31. The fourth-order valence-electron chi connectivity index (χ4n) is 8.34. The zero-order valence-corrected chi connectivity index (χ0v) is 42.6. The summed E-state index contributed by atoms with van der Waals surface area (Å²) in [6.07, 6.45) is 51.4. The zero-order chi connectivity index (χ0) is 45.0. The standard InChI is InChI=1S/C52H107N2O6P/c1-6-8-10-12-14-16-18-20-22-24-25-26-27-28-30-31-33-35-37-39-41-43-45-51(55)50(49-60-61(57,58)59-48-47-54(3,4)5)53-52(56)46-44-42-40-38-36-34-32-29-23-21-19-17-15-13-11-9-7-2/h50-51,55H,6-49H2,1-5H3,(H-,53,56,57,58)/p+1. The predicted molar refractivity (Wildman–Crippen MR) is 263 cm³/mol. The van der Waals surface area contributed by atoms with E-state index in [4.69, 9.17) is 9.05 Å². The molecule has 0 aromatic carbocycles. The van der Waals surface area contributed by atoms with Crippen molar-refractivity contribution in [2.75, 3.05) is 40.9 Å². The number of carbonyl (C=O) groups is 1. The molecule has 0 aromatic rings. The van der Waals surface area contributed by atoms with Crippen LogP contribution in [0.2, 0.25) is 0 Å². The highest BCUT2D eigenvalue weighted by Crippen LogP contribution is 2.43. The van der Waals surface area contributed by atoms with Gasteiger partial charge in [-0.3, -0.25) is 13.8 Å². The van der Waals surface area contributed by atoms with Gasteiger partial charge >= 0.3 is 7.82 Å². The van der Waals surface area contributed by atoms with Gasteiger partial charge in [0.05, 0.1) is 39.9 Å². The highest BCUT2D eigenvalue weighted by molar-refractivity contribution is 7.47. The van der Waals surface area contributed by atoms with Crippen molar-refractivity contribution in [3.05, 3.63) is 0 Å². The van der Waals surface area contributed by atoms with E-state index in [2.05, 4.69) is 19.2 Å². The third-order valence-electron chi connectivity index (χ3n) is 12.6. The van der Waals surface area contributed by atoms with E-state index >= 15 is 0 Å². The molecular formula is C52H108N2O6P+. The van der Waals surface area contributed by atoms with Crippen LogP contribution in [0.25, 0.3) is 0 Å². The summed E-state index contributed by atoms with van der Waals surface area (Å²) in [6, 6.07) is -0.754. The van der Waals surface area contributed by atoms with Gasteiger partial charge in [0.2, 0.25) is 5.91 Å². The smallest absolute Gasteiger partial charge is 0.391 e. The number of carbonyl (C=O) groups excluding carboxylic acids is 1. The zero-order valence-electron chi connectivity index (χ0n) is 41.7. The Bertz CT molecular complexity index is 963. The molecule has 1 amide bonds. The molecule has 0 heterocycles. The summed E-state index contributed by atoms with van der Waals surface area (Å²) in [4.78, 5) is 23.3. The largest absolute Gasteiger partial charge is 0.472 e. The van der Waals surface area contributed by atoms with E-state index in [-0.39, 0.29) is 19.1 Å². The maximum Gasteiger partial charge on any atom is 0.472 e. The van der Waals surface area contributed by atoms with E-state index in [1.807, 2.05) is 21.1 Å². The molecular weight excluding hydrogens is 780 g/mol. The van der Waals surface area contributed by atoms with Gasteiger partial charge in [0.1, 0.15) is 13.2 Å². The van der Waals surface area contributed by atoms with Crippen LogP contribution in [0, 0.1) is 0 Å². The molecule has 0 aliphatic heterocycles. The number of phosphoric acid groups is 1. The Balaban J connectivity index is 4.18. The maximum atomic E-state index is 13.0. The molecule has 366 valence electrons. The van der Waals surface area contributed by atoms with Crippen LogP contribution in [0.4, 0.5) is 0 Å². The molecule has 0 fully saturated rings. The van der Waals surface area contributed by atoms with Crippen LogP contribution < -0.4 is 5.32 Å². The Morgan fingerprint density at radius 3 is 1.10 bits per heavy atom. The Morgan fingerprint density at radius 2 is 0.787 bits per heavy atom. The summed E-state index contributed by atoms with van der Waals surface area (Å²) in [5.41, 5.74) is 0. The molecule has 0 aliphatic carbocycles. The molecule has 61 heavy (non-hydrogen) atoms. The van der Waals surface area contributed by atoms with E-state index in [1.54, 1.807) is 0 Å². The van der Waals surface area contributed by atoms with Crippen LogP contribution in [-0.2, 0) is 18.4 Å². The van der Waals surface area contributed by atoms with Gasteiger partial charge in [-0.1, -0.05) is 258 Å². The van der Waals surface area contributed by atoms with Gasteiger partial charge in [0.25, 0.3) is 0 Å². The van der Waals surface area contributed by atoms with Crippen LogP contribution in [0.15, 0.2) is 0 Å². The molecule has 8 nitrogen and oxygen atoms in total. The number of aliphatic hydroxyl groups is 1. The van der Waals surface area contributed by atoms with Crippen molar-refractivity contribution in [1.29, 1.82) is 0 Å². The Labute approximate surface area is 380 Å². The summed E-state index contributed by atoms with van der Waals surface area (Å²) < 4.78 is 23.7. The van der Waals surface area contributed by atoms with Crippen molar-refractivity contribution in [3.63, 3.8) is 0 Å². The lowest BCUT2D eigenvalue weighted by molar-refractivity contribution is -0.870. The second-order valence-electron chi connectivity index (χ2n) is 20.0. The van der Waals surface area contributed by atoms with Gasteiger partial charge in [0, 0.05) is 6.42 Å². The molecule has 3 N–H and O–H groups in total. The summed E-state index contributed by atoms with van der Waals surface area (Å²) in [5, 5.41) is 14.0. The van der Waals surface area contributed by atoms with Crippen LogP contribution in [0.5, 0.6) is 0 Å². The monoisotopic (exact) mass is 888 g/mol. The second-order valence-corrected chi connectivity index (χ2v) is 21.4. The van der Waals surface area contributed by atoms with Crippen molar-refractivity contribution in [2.45, 2.75) is 289 Å². The molecule has 0 saturated carbocycles. The van der Waals surface area contributed by atoms with Crippen molar-refractivity contribution < 1.29 is 32.9 Å². The first-order valence-electron chi connectivity index (χ1n) is 26.9. The number of hydrogen-bond acceptors (Lipinski definition) is 5. The van der Waals surface area contributed by atoms with E-state index in [0.717, 1.165) is 38.5 Å². The van der Waals surface area contributed by atoms with E-state index in [9.17, 15) is 19.4 Å². The Hall–Kier alpha value is -0.500. The number of amides is 1. The lowest BCUT2D eigenvalue weighted by atomic mass is 10.0. The first kappa shape index (κ1) is 60.5. The molecule has 0 bridgehead atoms. The lowest BCUT2D eigenvalue weighted by Gasteiger charge is -2.26. The molecule has 0 saturated heterocycles. The topological polar surface area (TPSA) is 105 Å². The maximum absolute atomic E-state index is 13.0. The van der Waals surface area contributed by atoms with Crippen LogP contribution in [-0.4, -0.2) is 73.4 Å². The first-order valence-corrected chi connectivity index (χ1v) is 28.4. The lowest BCUT2D eigenvalue weighted by Crippen LogP contribution is -2.46. The third-order valence-corrected chi connectivity index (χ3v) is 13.6. The SMILES string of the molecule is CCCCCCCCCCCCCCCCCCCCCCCCC(O)C(COP(=O)(O)OCC[N+](C)(C)C)NC(=O)CCCCCCCCCCCCCCCCCCC. The van der Waals surface area contributed by atoms with Crippen LogP contribution in [0.1, 0.15) is 277 Å². The number of nitrogens with one attached hydrogen (secondary N) is 1. The number of likely N-dealkylation sites (N-methyl/N-ethyl adjacent to an activating group) is 1. The van der Waals surface area contributed by atoms with Crippen molar-refractivity contribution >= 4 is 13.7 Å². The Kier molecular flexibility index (Phi) is 44.3. The predicted octanol–water partition coefficient (Wildman–Crippen LogP) is 15.7. The normalized spacial score (nSPS) is 14.0. The van der Waals surface area contributed by atoms with Crippen molar-refractivity contribution in [1.82, 2.24) is 5.32 Å². The molecule has 0 aliphatic rings. The van der Waals surface area contributed by atoms with Crippen molar-refractivity contribution in [3.8, 4) is 0 Å². The molecule has 9 heteroatoms. The van der Waals surface area contributed by atoms with E-state index in [0.29, 0.717) is 23.9 Å². The molecule has 0 rings (SSSR count). The first-order chi connectivity index (χ1) is 29.5. The summed E-state index contributed by atoms with van der Waals surface area (Å²) in [5.74, 6) is -0.138. The summed E-state index contributed by atoms with van der Waals surface area (Å²) >= 11 is 0. The molecule has 3 atom stereocenters. The minimum absolute atomic E-state index is 0.0790. The number of hydrogen-bond donors (Lipinski definition) is 3. The van der Waals surface area contributed by atoms with E-state index < -0.39 is 20.0 Å². The highest BCUT2D eigenvalue weighted by atomic mass is 31.2. The van der Waals surface area contributed by atoms with Crippen LogP contribution >= 0.6 is 7.82 Å². The van der Waals surface area contributed by atoms with Gasteiger partial charge in [0.15, 0.2) is 0 Å². The van der Waals surface area contributed by atoms with Gasteiger partial charge < -0.3 is 19.8 Å². The number of nitrogens with zero attached hydrogens (tertiary/aromatic N) is 1. The highest BCUT2D eigenvalue weighted by Gasteiger charge is 2.28. The molecule has 0 spiro atoms.